The molecule has 0 N–H and O–H groups in total. The van der Waals surface area contributed by atoms with Crippen molar-refractivity contribution in [2.45, 2.75) is 64.3 Å². The number of rotatable bonds is 5. The van der Waals surface area contributed by atoms with Crippen LogP contribution in [-0.2, 0) is 4.79 Å². The molecule has 0 bridgehead atoms. The molecule has 0 unspecified atom stereocenters. The first-order valence-electron chi connectivity index (χ1n) is 6.33. The van der Waals surface area contributed by atoms with Gasteiger partial charge in [0.05, 0.1) is 0 Å². The fourth-order valence-electron chi connectivity index (χ4n) is 2.28. The van der Waals surface area contributed by atoms with Gasteiger partial charge < -0.3 is 4.90 Å². The van der Waals surface area contributed by atoms with E-state index < -0.39 is 0 Å². The first-order chi connectivity index (χ1) is 7.25. The van der Waals surface area contributed by atoms with Gasteiger partial charge in [0.25, 0.3) is 0 Å². The van der Waals surface area contributed by atoms with Gasteiger partial charge in [-0.2, -0.15) is 0 Å². The Bertz CT molecular complexity index is 185. The van der Waals surface area contributed by atoms with E-state index in [2.05, 4.69) is 13.3 Å². The molecule has 2 heteroatoms. The fourth-order valence-corrected chi connectivity index (χ4v) is 2.28. The standard InChI is InChI=1S/C13H24NO/c1-3-4-6-11-13(15)14(2)12-9-7-5-8-10-12/h4,12H,3,5-11H2,1-2H3. The molecule has 1 aliphatic carbocycles. The van der Waals surface area contributed by atoms with Crippen molar-refractivity contribution in [2.75, 3.05) is 7.05 Å². The summed E-state index contributed by atoms with van der Waals surface area (Å²) < 4.78 is 0. The second kappa shape index (κ2) is 6.86. The Hall–Kier alpha value is -0.530. The molecule has 1 radical (unpaired) electrons. The molecule has 0 atom stereocenters. The maximum absolute atomic E-state index is 11.8. The van der Waals surface area contributed by atoms with E-state index in [4.69, 9.17) is 0 Å². The lowest BCUT2D eigenvalue weighted by atomic mass is 9.94. The predicted molar refractivity (Wildman–Crippen MR) is 63.5 cm³/mol. The van der Waals surface area contributed by atoms with Gasteiger partial charge in [-0.25, -0.2) is 0 Å². The monoisotopic (exact) mass is 210 g/mol. The van der Waals surface area contributed by atoms with Crippen LogP contribution < -0.4 is 0 Å². The van der Waals surface area contributed by atoms with Crippen LogP contribution in [-0.4, -0.2) is 23.9 Å². The SMILES string of the molecule is CC[CH]CCC(=O)N(C)C1CCCCC1. The van der Waals surface area contributed by atoms with Crippen molar-refractivity contribution in [3.63, 3.8) is 0 Å². The molecule has 1 fully saturated rings. The molecular formula is C13H24NO. The maximum atomic E-state index is 11.8. The molecule has 1 saturated carbocycles. The number of carbonyl (C=O) groups excluding carboxylic acids is 1. The van der Waals surface area contributed by atoms with Crippen LogP contribution in [0.4, 0.5) is 0 Å². The molecular weight excluding hydrogens is 186 g/mol. The fraction of sp³-hybridized carbons (Fsp3) is 0.846. The van der Waals surface area contributed by atoms with Gasteiger partial charge in [-0.15, -0.1) is 0 Å². The van der Waals surface area contributed by atoms with E-state index >= 15 is 0 Å². The summed E-state index contributed by atoms with van der Waals surface area (Å²) in [5.74, 6) is 0.326. The van der Waals surface area contributed by atoms with Gasteiger partial charge in [0, 0.05) is 19.5 Å². The summed E-state index contributed by atoms with van der Waals surface area (Å²) in [4.78, 5) is 13.8. The van der Waals surface area contributed by atoms with Gasteiger partial charge in [-0.05, 0) is 25.7 Å². The van der Waals surface area contributed by atoms with Crippen molar-refractivity contribution >= 4 is 5.91 Å². The van der Waals surface area contributed by atoms with Crippen molar-refractivity contribution < 1.29 is 4.79 Å². The molecule has 15 heavy (non-hydrogen) atoms. The van der Waals surface area contributed by atoms with Crippen LogP contribution in [0.2, 0.25) is 0 Å². The van der Waals surface area contributed by atoms with Crippen LogP contribution in [0, 0.1) is 6.42 Å². The zero-order valence-corrected chi connectivity index (χ0v) is 10.2. The third kappa shape index (κ3) is 4.23. The van der Waals surface area contributed by atoms with E-state index in [1.54, 1.807) is 0 Å². The Morgan fingerprint density at radius 1 is 1.33 bits per heavy atom. The highest BCUT2D eigenvalue weighted by atomic mass is 16.2. The Balaban J connectivity index is 2.24. The molecule has 0 spiro atoms. The van der Waals surface area contributed by atoms with Gasteiger partial charge in [-0.1, -0.05) is 32.6 Å². The summed E-state index contributed by atoms with van der Waals surface area (Å²) >= 11 is 0. The van der Waals surface area contributed by atoms with Crippen LogP contribution in [0.15, 0.2) is 0 Å². The van der Waals surface area contributed by atoms with E-state index in [1.165, 1.54) is 32.1 Å². The number of hydrogen-bond acceptors (Lipinski definition) is 1. The molecule has 0 aromatic carbocycles. The summed E-state index contributed by atoms with van der Waals surface area (Å²) in [6.45, 7) is 2.12. The highest BCUT2D eigenvalue weighted by Crippen LogP contribution is 2.22. The number of carbonyl (C=O) groups is 1. The first kappa shape index (κ1) is 12.5. The van der Waals surface area contributed by atoms with Crippen LogP contribution in [0.25, 0.3) is 0 Å². The van der Waals surface area contributed by atoms with Gasteiger partial charge in [0.15, 0.2) is 0 Å². The van der Waals surface area contributed by atoms with E-state index in [-0.39, 0.29) is 0 Å². The Labute approximate surface area is 94.0 Å². The summed E-state index contributed by atoms with van der Waals surface area (Å²) in [6.07, 6.45) is 11.2. The highest BCUT2D eigenvalue weighted by molar-refractivity contribution is 5.76. The molecule has 0 aromatic heterocycles. The van der Waals surface area contributed by atoms with Crippen molar-refractivity contribution in [1.82, 2.24) is 4.90 Å². The topological polar surface area (TPSA) is 20.3 Å². The first-order valence-corrected chi connectivity index (χ1v) is 6.33. The molecule has 1 rings (SSSR count). The second-order valence-corrected chi connectivity index (χ2v) is 4.53. The zero-order chi connectivity index (χ0) is 11.1. The highest BCUT2D eigenvalue weighted by Gasteiger charge is 2.21. The third-order valence-electron chi connectivity index (χ3n) is 3.37. The largest absolute Gasteiger partial charge is 0.343 e. The minimum atomic E-state index is 0.326. The van der Waals surface area contributed by atoms with E-state index in [9.17, 15) is 4.79 Å². The van der Waals surface area contributed by atoms with Gasteiger partial charge in [0.2, 0.25) is 5.91 Å². The van der Waals surface area contributed by atoms with Crippen molar-refractivity contribution in [2.24, 2.45) is 0 Å². The Morgan fingerprint density at radius 2 is 2.00 bits per heavy atom. The number of nitrogens with zero attached hydrogens (tertiary/aromatic N) is 1. The lowest BCUT2D eigenvalue weighted by molar-refractivity contribution is -0.132. The van der Waals surface area contributed by atoms with Gasteiger partial charge in [0.1, 0.15) is 0 Å². The summed E-state index contributed by atoms with van der Waals surface area (Å²) in [7, 11) is 1.98. The van der Waals surface area contributed by atoms with E-state index in [0.29, 0.717) is 18.4 Å². The van der Waals surface area contributed by atoms with Gasteiger partial charge >= 0.3 is 0 Å². The minimum Gasteiger partial charge on any atom is -0.343 e. The summed E-state index contributed by atoms with van der Waals surface area (Å²) in [5, 5.41) is 0. The zero-order valence-electron chi connectivity index (χ0n) is 10.2. The Kier molecular flexibility index (Phi) is 5.74. The average molecular weight is 210 g/mol. The quantitative estimate of drug-likeness (QED) is 0.638. The van der Waals surface area contributed by atoms with Crippen LogP contribution >= 0.6 is 0 Å². The summed E-state index contributed by atoms with van der Waals surface area (Å²) in [5.41, 5.74) is 0. The molecule has 87 valence electrons. The lowest BCUT2D eigenvalue weighted by Crippen LogP contribution is -2.38. The number of amides is 1. The van der Waals surface area contributed by atoms with Crippen molar-refractivity contribution in [1.29, 1.82) is 0 Å². The molecule has 2 nitrogen and oxygen atoms in total. The molecule has 0 aliphatic heterocycles. The molecule has 1 amide bonds. The maximum Gasteiger partial charge on any atom is 0.222 e. The third-order valence-corrected chi connectivity index (χ3v) is 3.37. The van der Waals surface area contributed by atoms with Gasteiger partial charge in [-0.3, -0.25) is 4.79 Å². The van der Waals surface area contributed by atoms with E-state index in [1.807, 2.05) is 11.9 Å². The smallest absolute Gasteiger partial charge is 0.222 e. The number of unbranched alkanes of at least 4 members (excludes halogenated alkanes) is 2. The van der Waals surface area contributed by atoms with E-state index in [0.717, 1.165) is 12.8 Å². The molecule has 1 aliphatic rings. The summed E-state index contributed by atoms with van der Waals surface area (Å²) in [6, 6.07) is 0.521. The minimum absolute atomic E-state index is 0.326. The predicted octanol–water partition coefficient (Wildman–Crippen LogP) is 3.17. The Morgan fingerprint density at radius 3 is 2.60 bits per heavy atom. The van der Waals surface area contributed by atoms with Crippen molar-refractivity contribution in [3.05, 3.63) is 6.42 Å². The van der Waals surface area contributed by atoms with Crippen LogP contribution in [0.5, 0.6) is 0 Å². The van der Waals surface area contributed by atoms with Crippen molar-refractivity contribution in [3.8, 4) is 0 Å². The number of hydrogen-bond donors (Lipinski definition) is 0. The molecule has 0 saturated heterocycles. The van der Waals surface area contributed by atoms with Crippen LogP contribution in [0.1, 0.15) is 58.3 Å². The normalized spacial score (nSPS) is 17.7. The average Bonchev–Trinajstić information content (AvgIpc) is 2.29. The lowest BCUT2D eigenvalue weighted by Gasteiger charge is -2.31. The molecule has 0 heterocycles. The molecule has 0 aromatic rings. The van der Waals surface area contributed by atoms with Crippen LogP contribution in [0.3, 0.4) is 0 Å². The second-order valence-electron chi connectivity index (χ2n) is 4.53.